The molecule has 0 aromatic heterocycles. The van der Waals surface area contributed by atoms with E-state index in [9.17, 15) is 19.5 Å². The van der Waals surface area contributed by atoms with E-state index in [1.165, 1.54) is 0 Å². The summed E-state index contributed by atoms with van der Waals surface area (Å²) < 4.78 is 5.53. The molecule has 27 heavy (non-hydrogen) atoms. The number of piperidine rings is 1. The molecular formula is C20H24N2O5. The second-order valence-corrected chi connectivity index (χ2v) is 7.76. The van der Waals surface area contributed by atoms with Gasteiger partial charge in [0.2, 0.25) is 0 Å². The van der Waals surface area contributed by atoms with E-state index in [1.807, 2.05) is 4.90 Å². The van der Waals surface area contributed by atoms with Crippen molar-refractivity contribution in [3.05, 3.63) is 23.8 Å². The van der Waals surface area contributed by atoms with E-state index < -0.39 is 18.1 Å². The molecule has 1 saturated heterocycles. The van der Waals surface area contributed by atoms with Crippen LogP contribution < -0.4 is 10.1 Å². The third-order valence-electron chi connectivity index (χ3n) is 5.81. The predicted octanol–water partition coefficient (Wildman–Crippen LogP) is 2.16. The molecule has 1 aromatic rings. The van der Waals surface area contributed by atoms with Gasteiger partial charge in [-0.1, -0.05) is 0 Å². The zero-order valence-electron chi connectivity index (χ0n) is 15.3. The molecule has 2 unspecified atom stereocenters. The lowest BCUT2D eigenvalue weighted by molar-refractivity contribution is -0.144. The number of ketones is 1. The zero-order chi connectivity index (χ0) is 19.1. The van der Waals surface area contributed by atoms with E-state index in [0.717, 1.165) is 12.8 Å². The van der Waals surface area contributed by atoms with Crippen molar-refractivity contribution in [1.82, 2.24) is 4.90 Å². The Morgan fingerprint density at radius 1 is 1.22 bits per heavy atom. The largest absolute Gasteiger partial charge is 0.480 e. The van der Waals surface area contributed by atoms with Gasteiger partial charge >= 0.3 is 5.97 Å². The molecule has 1 aliphatic carbocycles. The summed E-state index contributed by atoms with van der Waals surface area (Å²) in [5.41, 5.74) is 1.09. The van der Waals surface area contributed by atoms with Gasteiger partial charge in [-0.05, 0) is 69.8 Å². The molecule has 2 heterocycles. The minimum atomic E-state index is -0.748. The fourth-order valence-electron chi connectivity index (χ4n) is 4.11. The molecule has 144 valence electrons. The first kappa shape index (κ1) is 18.0. The van der Waals surface area contributed by atoms with Crippen molar-refractivity contribution >= 4 is 23.3 Å². The Bertz CT molecular complexity index is 781. The number of ether oxygens (including phenoxy) is 1. The van der Waals surface area contributed by atoms with Crippen LogP contribution in [0.3, 0.4) is 0 Å². The average molecular weight is 372 g/mol. The van der Waals surface area contributed by atoms with Gasteiger partial charge in [0.1, 0.15) is 11.8 Å². The van der Waals surface area contributed by atoms with Gasteiger partial charge in [0.15, 0.2) is 11.9 Å². The molecule has 2 N–H and O–H groups in total. The van der Waals surface area contributed by atoms with E-state index in [0.29, 0.717) is 42.9 Å². The lowest BCUT2D eigenvalue weighted by Crippen LogP contribution is -2.47. The maximum Gasteiger partial charge on any atom is 0.321 e. The van der Waals surface area contributed by atoms with Gasteiger partial charge in [0.25, 0.3) is 5.91 Å². The van der Waals surface area contributed by atoms with Gasteiger partial charge in [0.05, 0.1) is 5.69 Å². The molecule has 0 spiro atoms. The highest BCUT2D eigenvalue weighted by Gasteiger charge is 2.42. The topological polar surface area (TPSA) is 95.9 Å². The third kappa shape index (κ3) is 3.56. The van der Waals surface area contributed by atoms with Crippen molar-refractivity contribution < 1.29 is 24.2 Å². The summed E-state index contributed by atoms with van der Waals surface area (Å²) in [7, 11) is 0. The van der Waals surface area contributed by atoms with Gasteiger partial charge in [-0.15, -0.1) is 0 Å². The number of hydrogen-bond donors (Lipinski definition) is 2. The second-order valence-electron chi connectivity index (χ2n) is 7.76. The van der Waals surface area contributed by atoms with Gasteiger partial charge < -0.3 is 15.2 Å². The Morgan fingerprint density at radius 3 is 2.56 bits per heavy atom. The molecule has 7 heteroatoms. The zero-order valence-corrected chi connectivity index (χ0v) is 15.3. The van der Waals surface area contributed by atoms with Crippen LogP contribution in [0.4, 0.5) is 5.69 Å². The van der Waals surface area contributed by atoms with Crippen molar-refractivity contribution in [2.45, 2.75) is 44.8 Å². The number of fused-ring (bicyclic) bond motifs is 1. The SMILES string of the molecule is CC1Oc2ccc(C(=O)C3CCN(C(C(=O)O)C4CC4)CC3)cc2NC1=O. The molecule has 3 aliphatic rings. The van der Waals surface area contributed by atoms with Crippen LogP contribution in [0, 0.1) is 11.8 Å². The van der Waals surface area contributed by atoms with Crippen LogP contribution >= 0.6 is 0 Å². The number of aliphatic carboxylic acids is 1. The molecular weight excluding hydrogens is 348 g/mol. The van der Waals surface area contributed by atoms with Crippen molar-refractivity contribution in [3.8, 4) is 5.75 Å². The molecule has 2 fully saturated rings. The number of carbonyl (C=O) groups excluding carboxylic acids is 2. The van der Waals surface area contributed by atoms with Crippen molar-refractivity contribution in [2.75, 3.05) is 18.4 Å². The number of carboxylic acids is 1. The Hall–Kier alpha value is -2.41. The van der Waals surface area contributed by atoms with E-state index in [2.05, 4.69) is 5.32 Å². The van der Waals surface area contributed by atoms with E-state index in [-0.39, 0.29) is 23.5 Å². The number of carbonyl (C=O) groups is 3. The van der Waals surface area contributed by atoms with Crippen LogP contribution in [0.25, 0.3) is 0 Å². The minimum Gasteiger partial charge on any atom is -0.480 e. The predicted molar refractivity (Wildman–Crippen MR) is 97.9 cm³/mol. The molecule has 4 rings (SSSR count). The average Bonchev–Trinajstić information content (AvgIpc) is 3.47. The maximum atomic E-state index is 12.9. The van der Waals surface area contributed by atoms with Crippen LogP contribution in [-0.4, -0.2) is 52.9 Å². The fraction of sp³-hybridized carbons (Fsp3) is 0.550. The van der Waals surface area contributed by atoms with Gasteiger partial charge in [0, 0.05) is 11.5 Å². The van der Waals surface area contributed by atoms with E-state index in [1.54, 1.807) is 25.1 Å². The fourth-order valence-corrected chi connectivity index (χ4v) is 4.11. The molecule has 1 amide bonds. The number of carboxylic acid groups (broad SMARTS) is 1. The first-order valence-electron chi connectivity index (χ1n) is 9.56. The maximum absolute atomic E-state index is 12.9. The number of nitrogens with zero attached hydrogens (tertiary/aromatic N) is 1. The number of anilines is 1. The number of amides is 1. The Morgan fingerprint density at radius 2 is 1.93 bits per heavy atom. The monoisotopic (exact) mass is 372 g/mol. The molecule has 0 bridgehead atoms. The number of rotatable bonds is 5. The molecule has 1 saturated carbocycles. The quantitative estimate of drug-likeness (QED) is 0.769. The minimum absolute atomic E-state index is 0.0450. The standard InChI is InChI=1S/C20H24N2O5/c1-11-19(24)21-15-10-14(4-5-16(15)27-11)18(23)13-6-8-22(9-7-13)17(20(25)26)12-2-3-12/h4-5,10-13,17H,2-3,6-9H2,1H3,(H,21,24)(H,25,26). The summed E-state index contributed by atoms with van der Waals surface area (Å²) in [6, 6.07) is 4.74. The second kappa shape index (κ2) is 6.96. The molecule has 1 aromatic carbocycles. The van der Waals surface area contributed by atoms with Gasteiger partial charge in [-0.3, -0.25) is 19.3 Å². The molecule has 2 aliphatic heterocycles. The van der Waals surface area contributed by atoms with Crippen LogP contribution in [-0.2, 0) is 9.59 Å². The Labute approximate surface area is 157 Å². The highest BCUT2D eigenvalue weighted by molar-refractivity contribution is 6.02. The summed E-state index contributed by atoms with van der Waals surface area (Å²) >= 11 is 0. The highest BCUT2D eigenvalue weighted by Crippen LogP contribution is 2.37. The molecule has 2 atom stereocenters. The Kier molecular flexibility index (Phi) is 4.63. The third-order valence-corrected chi connectivity index (χ3v) is 5.81. The van der Waals surface area contributed by atoms with Gasteiger partial charge in [-0.25, -0.2) is 0 Å². The summed E-state index contributed by atoms with van der Waals surface area (Å²) in [5.74, 6) is -0.207. The summed E-state index contributed by atoms with van der Waals surface area (Å²) in [6.07, 6.45) is 2.74. The normalized spacial score (nSPS) is 24.5. The van der Waals surface area contributed by atoms with E-state index >= 15 is 0 Å². The number of nitrogens with one attached hydrogen (secondary N) is 1. The van der Waals surface area contributed by atoms with Crippen LogP contribution in [0.2, 0.25) is 0 Å². The number of hydrogen-bond acceptors (Lipinski definition) is 5. The molecule has 7 nitrogen and oxygen atoms in total. The summed E-state index contributed by atoms with van der Waals surface area (Å²) in [4.78, 5) is 38.2. The lowest BCUT2D eigenvalue weighted by atomic mass is 9.87. The highest BCUT2D eigenvalue weighted by atomic mass is 16.5. The van der Waals surface area contributed by atoms with E-state index in [4.69, 9.17) is 4.74 Å². The summed E-state index contributed by atoms with van der Waals surface area (Å²) in [6.45, 7) is 2.94. The first-order valence-corrected chi connectivity index (χ1v) is 9.56. The Balaban J connectivity index is 1.42. The van der Waals surface area contributed by atoms with Crippen LogP contribution in [0.1, 0.15) is 43.0 Å². The summed E-state index contributed by atoms with van der Waals surface area (Å²) in [5, 5.41) is 12.3. The number of Topliss-reactive ketones (excluding diaryl/α,β-unsaturated/α-hetero) is 1. The lowest BCUT2D eigenvalue weighted by Gasteiger charge is -2.35. The van der Waals surface area contributed by atoms with Crippen molar-refractivity contribution in [2.24, 2.45) is 11.8 Å². The van der Waals surface area contributed by atoms with Crippen molar-refractivity contribution in [3.63, 3.8) is 0 Å². The number of likely N-dealkylation sites (tertiary alicyclic amines) is 1. The molecule has 0 radical (unpaired) electrons. The van der Waals surface area contributed by atoms with Crippen molar-refractivity contribution in [1.29, 1.82) is 0 Å². The first-order chi connectivity index (χ1) is 12.9. The van der Waals surface area contributed by atoms with Crippen LogP contribution in [0.5, 0.6) is 5.75 Å². The van der Waals surface area contributed by atoms with Gasteiger partial charge in [-0.2, -0.15) is 0 Å². The van der Waals surface area contributed by atoms with Crippen LogP contribution in [0.15, 0.2) is 18.2 Å². The smallest absolute Gasteiger partial charge is 0.321 e. The number of benzene rings is 1.